The van der Waals surface area contributed by atoms with Gasteiger partial charge in [0.1, 0.15) is 0 Å². The van der Waals surface area contributed by atoms with Gasteiger partial charge < -0.3 is 5.41 Å². The minimum Gasteiger partial charge on any atom is -0.305 e. The van der Waals surface area contributed by atoms with Crippen LogP contribution in [0.1, 0.15) is 45.4 Å². The molecule has 0 radical (unpaired) electrons. The Kier molecular flexibility index (Phi) is 3.34. The number of hydrogen-bond acceptors (Lipinski definition) is 1. The lowest BCUT2D eigenvalue weighted by Gasteiger charge is -2.09. The first-order valence-electron chi connectivity index (χ1n) is 4.55. The zero-order valence-corrected chi connectivity index (χ0v) is 7.32. The van der Waals surface area contributed by atoms with Crippen LogP contribution in [0, 0.1) is 5.41 Å². The van der Waals surface area contributed by atoms with Crippen molar-refractivity contribution in [3.05, 3.63) is 11.6 Å². The average molecular weight is 151 g/mol. The maximum Gasteiger partial charge on any atom is 0.0311 e. The van der Waals surface area contributed by atoms with Gasteiger partial charge in [-0.05, 0) is 38.2 Å². The molecule has 0 aromatic carbocycles. The van der Waals surface area contributed by atoms with Crippen molar-refractivity contribution in [3.8, 4) is 0 Å². The maximum atomic E-state index is 7.49. The van der Waals surface area contributed by atoms with E-state index in [1.54, 1.807) is 0 Å². The van der Waals surface area contributed by atoms with Crippen LogP contribution in [0.2, 0.25) is 0 Å². The highest BCUT2D eigenvalue weighted by Crippen LogP contribution is 2.17. The molecule has 1 aliphatic rings. The molecule has 0 aromatic heterocycles. The van der Waals surface area contributed by atoms with E-state index in [1.807, 2.05) is 6.92 Å². The standard InChI is InChI=1S/C10H17N/c1-9(11)10-7-5-3-2-4-6-8-10/h7,11H,2-6,8H2,1H3. The first-order valence-corrected chi connectivity index (χ1v) is 4.55. The molecule has 1 heteroatoms. The predicted octanol–water partition coefficient (Wildman–Crippen LogP) is 3.31. The molecule has 0 saturated carbocycles. The third kappa shape index (κ3) is 2.87. The van der Waals surface area contributed by atoms with Gasteiger partial charge in [-0.25, -0.2) is 0 Å². The smallest absolute Gasteiger partial charge is 0.0311 e. The van der Waals surface area contributed by atoms with Gasteiger partial charge in [0.05, 0.1) is 0 Å². The van der Waals surface area contributed by atoms with Crippen LogP contribution in [0.15, 0.2) is 11.6 Å². The Balaban J connectivity index is 2.52. The molecule has 0 spiro atoms. The molecule has 0 bridgehead atoms. The second-order valence-corrected chi connectivity index (χ2v) is 3.31. The Morgan fingerprint density at radius 1 is 1.27 bits per heavy atom. The van der Waals surface area contributed by atoms with Crippen LogP contribution in [0.4, 0.5) is 0 Å². The molecule has 1 rings (SSSR count). The molecule has 0 aromatic rings. The Labute approximate surface area is 69.0 Å². The number of rotatable bonds is 1. The molecule has 1 nitrogen and oxygen atoms in total. The van der Waals surface area contributed by atoms with Gasteiger partial charge in [-0.15, -0.1) is 0 Å². The topological polar surface area (TPSA) is 23.9 Å². The van der Waals surface area contributed by atoms with Crippen LogP contribution >= 0.6 is 0 Å². The predicted molar refractivity (Wildman–Crippen MR) is 49.2 cm³/mol. The fourth-order valence-corrected chi connectivity index (χ4v) is 1.53. The lowest BCUT2D eigenvalue weighted by atomic mass is 9.98. The zero-order valence-electron chi connectivity index (χ0n) is 7.32. The average Bonchev–Trinajstić information content (AvgIpc) is 1.84. The molecule has 62 valence electrons. The van der Waals surface area contributed by atoms with E-state index in [-0.39, 0.29) is 0 Å². The molecule has 1 N–H and O–H groups in total. The van der Waals surface area contributed by atoms with Crippen LogP contribution in [0.5, 0.6) is 0 Å². The van der Waals surface area contributed by atoms with Crippen molar-refractivity contribution in [1.82, 2.24) is 0 Å². The fraction of sp³-hybridized carbons (Fsp3) is 0.700. The SMILES string of the molecule is CC(=N)C1=CCCCCCC1. The quantitative estimate of drug-likeness (QED) is 0.556. The third-order valence-electron chi connectivity index (χ3n) is 2.27. The summed E-state index contributed by atoms with van der Waals surface area (Å²) in [5.74, 6) is 0. The van der Waals surface area contributed by atoms with Gasteiger partial charge in [-0.2, -0.15) is 0 Å². The largest absolute Gasteiger partial charge is 0.305 e. The molecule has 0 heterocycles. The summed E-state index contributed by atoms with van der Waals surface area (Å²) in [4.78, 5) is 0. The van der Waals surface area contributed by atoms with Crippen LogP contribution in [0.3, 0.4) is 0 Å². The molecule has 0 unspecified atom stereocenters. The summed E-state index contributed by atoms with van der Waals surface area (Å²) >= 11 is 0. The third-order valence-corrected chi connectivity index (χ3v) is 2.27. The van der Waals surface area contributed by atoms with Gasteiger partial charge in [-0.3, -0.25) is 0 Å². The van der Waals surface area contributed by atoms with Crippen molar-refractivity contribution < 1.29 is 0 Å². The van der Waals surface area contributed by atoms with E-state index in [4.69, 9.17) is 5.41 Å². The van der Waals surface area contributed by atoms with Gasteiger partial charge >= 0.3 is 0 Å². The van der Waals surface area contributed by atoms with E-state index >= 15 is 0 Å². The van der Waals surface area contributed by atoms with Gasteiger partial charge in [0.25, 0.3) is 0 Å². The highest BCUT2D eigenvalue weighted by molar-refractivity contribution is 5.95. The summed E-state index contributed by atoms with van der Waals surface area (Å²) in [6, 6.07) is 0. The molecular formula is C10H17N. The second-order valence-electron chi connectivity index (χ2n) is 3.31. The normalized spacial score (nSPS) is 19.9. The lowest BCUT2D eigenvalue weighted by Crippen LogP contribution is -1.98. The monoisotopic (exact) mass is 151 g/mol. The maximum absolute atomic E-state index is 7.49. The van der Waals surface area contributed by atoms with E-state index in [1.165, 1.54) is 37.7 Å². The van der Waals surface area contributed by atoms with Crippen molar-refractivity contribution in [2.24, 2.45) is 0 Å². The summed E-state index contributed by atoms with van der Waals surface area (Å²) in [7, 11) is 0. The van der Waals surface area contributed by atoms with Crippen molar-refractivity contribution in [3.63, 3.8) is 0 Å². The summed E-state index contributed by atoms with van der Waals surface area (Å²) in [5, 5.41) is 7.49. The molecule has 0 atom stereocenters. The van der Waals surface area contributed by atoms with E-state index in [2.05, 4.69) is 6.08 Å². The van der Waals surface area contributed by atoms with E-state index in [0.29, 0.717) is 0 Å². The van der Waals surface area contributed by atoms with Crippen molar-refractivity contribution in [1.29, 1.82) is 5.41 Å². The number of nitrogens with one attached hydrogen (secondary N) is 1. The lowest BCUT2D eigenvalue weighted by molar-refractivity contribution is 0.632. The first kappa shape index (κ1) is 8.51. The van der Waals surface area contributed by atoms with E-state index < -0.39 is 0 Å². The summed E-state index contributed by atoms with van der Waals surface area (Å²) in [5.41, 5.74) is 2.05. The van der Waals surface area contributed by atoms with Crippen molar-refractivity contribution in [2.75, 3.05) is 0 Å². The highest BCUT2D eigenvalue weighted by Gasteiger charge is 2.02. The van der Waals surface area contributed by atoms with Crippen molar-refractivity contribution >= 4 is 5.71 Å². The minimum atomic E-state index is 0.770. The highest BCUT2D eigenvalue weighted by atomic mass is 14.4. The van der Waals surface area contributed by atoms with E-state index in [0.717, 1.165) is 12.1 Å². The molecule has 0 amide bonds. The minimum absolute atomic E-state index is 0.770. The molecule has 1 aliphatic carbocycles. The zero-order chi connectivity index (χ0) is 8.10. The Morgan fingerprint density at radius 3 is 2.73 bits per heavy atom. The number of hydrogen-bond donors (Lipinski definition) is 1. The van der Waals surface area contributed by atoms with Crippen LogP contribution in [-0.4, -0.2) is 5.71 Å². The molecule has 0 saturated heterocycles. The fourth-order valence-electron chi connectivity index (χ4n) is 1.53. The van der Waals surface area contributed by atoms with Crippen LogP contribution in [0.25, 0.3) is 0 Å². The summed E-state index contributed by atoms with van der Waals surface area (Å²) in [6.07, 6.45) is 9.90. The van der Waals surface area contributed by atoms with Gasteiger partial charge in [0.15, 0.2) is 0 Å². The summed E-state index contributed by atoms with van der Waals surface area (Å²) < 4.78 is 0. The Hall–Kier alpha value is -0.590. The van der Waals surface area contributed by atoms with Crippen molar-refractivity contribution in [2.45, 2.75) is 45.4 Å². The Bertz CT molecular complexity index is 168. The van der Waals surface area contributed by atoms with Crippen LogP contribution in [-0.2, 0) is 0 Å². The summed E-state index contributed by atoms with van der Waals surface area (Å²) in [6.45, 7) is 1.90. The van der Waals surface area contributed by atoms with E-state index in [9.17, 15) is 0 Å². The molecule has 0 fully saturated rings. The number of allylic oxidation sites excluding steroid dienone is 2. The molecule has 11 heavy (non-hydrogen) atoms. The Morgan fingerprint density at radius 2 is 2.00 bits per heavy atom. The van der Waals surface area contributed by atoms with Gasteiger partial charge in [0, 0.05) is 5.71 Å². The van der Waals surface area contributed by atoms with Crippen LogP contribution < -0.4 is 0 Å². The molecule has 0 aliphatic heterocycles. The van der Waals surface area contributed by atoms with Gasteiger partial charge in [0.2, 0.25) is 0 Å². The first-order chi connectivity index (χ1) is 5.30. The van der Waals surface area contributed by atoms with Gasteiger partial charge in [-0.1, -0.05) is 18.9 Å². The second kappa shape index (κ2) is 4.32. The molecular weight excluding hydrogens is 134 g/mol.